The fraction of sp³-hybridized carbons (Fsp3) is 0.706. The minimum absolute atomic E-state index is 0.182. The van der Waals surface area contributed by atoms with Crippen LogP contribution in [0.3, 0.4) is 0 Å². The van der Waals surface area contributed by atoms with Crippen LogP contribution in [0.15, 0.2) is 16.9 Å². The number of aromatic nitrogens is 2. The van der Waals surface area contributed by atoms with Crippen LogP contribution in [-0.4, -0.2) is 34.9 Å². The van der Waals surface area contributed by atoms with Crippen molar-refractivity contribution >= 4 is 5.91 Å². The Balaban J connectivity index is 1.78. The van der Waals surface area contributed by atoms with Gasteiger partial charge in [-0.1, -0.05) is 26.7 Å². The molecule has 1 heterocycles. The van der Waals surface area contributed by atoms with E-state index < -0.39 is 0 Å². The van der Waals surface area contributed by atoms with Gasteiger partial charge in [0.2, 0.25) is 0 Å². The number of ether oxygens (including phenoxy) is 1. The first-order valence-corrected chi connectivity index (χ1v) is 8.59. The van der Waals surface area contributed by atoms with E-state index in [2.05, 4.69) is 17.3 Å². The molecule has 0 spiro atoms. The van der Waals surface area contributed by atoms with Crippen LogP contribution in [-0.2, 0) is 11.3 Å². The molecule has 1 aromatic rings. The summed E-state index contributed by atoms with van der Waals surface area (Å²) in [5, 5.41) is 6.89. The molecule has 1 saturated carbocycles. The Labute approximate surface area is 137 Å². The number of carbonyl (C=O) groups excluding carboxylic acids is 1. The molecular formula is C17H27N3O3. The van der Waals surface area contributed by atoms with Crippen LogP contribution in [0.4, 0.5) is 0 Å². The van der Waals surface area contributed by atoms with Crippen LogP contribution in [0.25, 0.3) is 0 Å². The van der Waals surface area contributed by atoms with Gasteiger partial charge in [0, 0.05) is 19.2 Å². The molecule has 1 aliphatic carbocycles. The van der Waals surface area contributed by atoms with E-state index in [-0.39, 0.29) is 17.2 Å². The maximum Gasteiger partial charge on any atom is 0.271 e. The Morgan fingerprint density at radius 2 is 2.17 bits per heavy atom. The predicted octanol–water partition coefficient (Wildman–Crippen LogP) is 1.98. The molecule has 0 aliphatic heterocycles. The van der Waals surface area contributed by atoms with Crippen molar-refractivity contribution < 1.29 is 9.53 Å². The fourth-order valence-corrected chi connectivity index (χ4v) is 2.94. The fourth-order valence-electron chi connectivity index (χ4n) is 2.94. The summed E-state index contributed by atoms with van der Waals surface area (Å²) in [7, 11) is 0. The zero-order chi connectivity index (χ0) is 16.7. The molecule has 128 valence electrons. The molecule has 2 rings (SSSR count). The second-order valence-electron chi connectivity index (χ2n) is 6.21. The minimum Gasteiger partial charge on any atom is -0.376 e. The van der Waals surface area contributed by atoms with Crippen molar-refractivity contribution in [3.8, 4) is 0 Å². The third-order valence-corrected chi connectivity index (χ3v) is 4.29. The standard InChI is InChI=1S/C17H27N3O3/c1-3-11-20-16(21)9-8-14(19-20)17(22)18-10-12-23-15-7-5-4-6-13(15)2/h8-9,13,15H,3-7,10-12H2,1-2H3,(H,18,22)/t13-,15-/m0/s1. The second kappa shape index (κ2) is 8.82. The van der Waals surface area contributed by atoms with Crippen LogP contribution in [0, 0.1) is 5.92 Å². The number of nitrogens with zero attached hydrogens (tertiary/aromatic N) is 2. The molecule has 0 radical (unpaired) electrons. The topological polar surface area (TPSA) is 73.2 Å². The van der Waals surface area contributed by atoms with E-state index in [1.54, 1.807) is 0 Å². The summed E-state index contributed by atoms with van der Waals surface area (Å²) in [6.45, 7) is 5.67. The number of rotatable bonds is 7. The molecular weight excluding hydrogens is 294 g/mol. The first-order valence-electron chi connectivity index (χ1n) is 8.59. The molecule has 1 fully saturated rings. The molecule has 23 heavy (non-hydrogen) atoms. The predicted molar refractivity (Wildman–Crippen MR) is 88.5 cm³/mol. The zero-order valence-electron chi connectivity index (χ0n) is 14.1. The summed E-state index contributed by atoms with van der Waals surface area (Å²) in [4.78, 5) is 23.7. The Bertz CT molecular complexity index is 570. The van der Waals surface area contributed by atoms with Gasteiger partial charge in [0.25, 0.3) is 11.5 Å². The van der Waals surface area contributed by atoms with Gasteiger partial charge in [-0.25, -0.2) is 4.68 Å². The van der Waals surface area contributed by atoms with Gasteiger partial charge in [-0.3, -0.25) is 9.59 Å². The van der Waals surface area contributed by atoms with Gasteiger partial charge in [-0.05, 0) is 31.2 Å². The molecule has 1 N–H and O–H groups in total. The number of carbonyl (C=O) groups is 1. The largest absolute Gasteiger partial charge is 0.376 e. The highest BCUT2D eigenvalue weighted by molar-refractivity contribution is 5.91. The normalized spacial score (nSPS) is 21.1. The SMILES string of the molecule is CCCn1nc(C(=O)NCCO[C@H]2CCCC[C@@H]2C)ccc1=O. The van der Waals surface area contributed by atoms with Crippen LogP contribution >= 0.6 is 0 Å². The molecule has 0 bridgehead atoms. The zero-order valence-corrected chi connectivity index (χ0v) is 14.1. The van der Waals surface area contributed by atoms with Gasteiger partial charge in [0.05, 0.1) is 12.7 Å². The monoisotopic (exact) mass is 321 g/mol. The molecule has 2 atom stereocenters. The molecule has 6 heteroatoms. The van der Waals surface area contributed by atoms with Gasteiger partial charge in [-0.2, -0.15) is 5.10 Å². The number of nitrogens with one attached hydrogen (secondary N) is 1. The summed E-state index contributed by atoms with van der Waals surface area (Å²) in [5.74, 6) is 0.328. The van der Waals surface area contributed by atoms with Crippen molar-refractivity contribution in [3.05, 3.63) is 28.2 Å². The van der Waals surface area contributed by atoms with E-state index in [1.165, 1.54) is 36.1 Å². The molecule has 6 nitrogen and oxygen atoms in total. The molecule has 1 aliphatic rings. The van der Waals surface area contributed by atoms with Crippen molar-refractivity contribution in [2.45, 2.75) is 58.6 Å². The van der Waals surface area contributed by atoms with Crippen LogP contribution in [0.1, 0.15) is 56.4 Å². The van der Waals surface area contributed by atoms with E-state index in [0.29, 0.717) is 31.7 Å². The third-order valence-electron chi connectivity index (χ3n) is 4.29. The summed E-state index contributed by atoms with van der Waals surface area (Å²) < 4.78 is 7.20. The van der Waals surface area contributed by atoms with Crippen LogP contribution in [0.5, 0.6) is 0 Å². The van der Waals surface area contributed by atoms with Gasteiger partial charge >= 0.3 is 0 Å². The smallest absolute Gasteiger partial charge is 0.271 e. The lowest BCUT2D eigenvalue weighted by Gasteiger charge is -2.28. The van der Waals surface area contributed by atoms with Crippen molar-refractivity contribution in [1.29, 1.82) is 0 Å². The lowest BCUT2D eigenvalue weighted by molar-refractivity contribution is -0.00295. The van der Waals surface area contributed by atoms with Crippen LogP contribution < -0.4 is 10.9 Å². The van der Waals surface area contributed by atoms with Crippen molar-refractivity contribution in [1.82, 2.24) is 15.1 Å². The van der Waals surface area contributed by atoms with Crippen molar-refractivity contribution in [3.63, 3.8) is 0 Å². The van der Waals surface area contributed by atoms with Crippen molar-refractivity contribution in [2.24, 2.45) is 5.92 Å². The molecule has 0 aromatic carbocycles. The molecule has 1 aromatic heterocycles. The quantitative estimate of drug-likeness (QED) is 0.779. The maximum absolute atomic E-state index is 12.1. The summed E-state index contributed by atoms with van der Waals surface area (Å²) in [6.07, 6.45) is 5.95. The van der Waals surface area contributed by atoms with Gasteiger partial charge in [-0.15, -0.1) is 0 Å². The lowest BCUT2D eigenvalue weighted by Crippen LogP contribution is -2.33. The third kappa shape index (κ3) is 5.16. The minimum atomic E-state index is -0.268. The molecule has 1 amide bonds. The van der Waals surface area contributed by atoms with E-state index in [9.17, 15) is 9.59 Å². The van der Waals surface area contributed by atoms with Gasteiger partial charge in [0.15, 0.2) is 0 Å². The Hall–Kier alpha value is -1.69. The maximum atomic E-state index is 12.1. The number of aryl methyl sites for hydroxylation is 1. The van der Waals surface area contributed by atoms with Gasteiger partial charge < -0.3 is 10.1 Å². The highest BCUT2D eigenvalue weighted by Crippen LogP contribution is 2.25. The molecule has 0 unspecified atom stereocenters. The summed E-state index contributed by atoms with van der Waals surface area (Å²) in [6, 6.07) is 2.85. The number of hydrogen-bond donors (Lipinski definition) is 1. The average Bonchev–Trinajstić information content (AvgIpc) is 2.55. The van der Waals surface area contributed by atoms with E-state index in [0.717, 1.165) is 12.8 Å². The Morgan fingerprint density at radius 1 is 1.39 bits per heavy atom. The van der Waals surface area contributed by atoms with Crippen molar-refractivity contribution in [2.75, 3.05) is 13.2 Å². The first-order chi connectivity index (χ1) is 11.1. The molecule has 0 saturated heterocycles. The number of hydrogen-bond acceptors (Lipinski definition) is 4. The second-order valence-corrected chi connectivity index (χ2v) is 6.21. The van der Waals surface area contributed by atoms with Gasteiger partial charge in [0.1, 0.15) is 5.69 Å². The summed E-state index contributed by atoms with van der Waals surface area (Å²) >= 11 is 0. The van der Waals surface area contributed by atoms with E-state index >= 15 is 0 Å². The highest BCUT2D eigenvalue weighted by Gasteiger charge is 2.21. The Morgan fingerprint density at radius 3 is 2.91 bits per heavy atom. The average molecular weight is 321 g/mol. The lowest BCUT2D eigenvalue weighted by atomic mass is 9.88. The number of amides is 1. The Kier molecular flexibility index (Phi) is 6.77. The summed E-state index contributed by atoms with van der Waals surface area (Å²) in [5.41, 5.74) is 0.0853. The first kappa shape index (κ1) is 17.7. The van der Waals surface area contributed by atoms with E-state index in [1.807, 2.05) is 6.92 Å². The highest BCUT2D eigenvalue weighted by atomic mass is 16.5. The van der Waals surface area contributed by atoms with Crippen LogP contribution in [0.2, 0.25) is 0 Å². The van der Waals surface area contributed by atoms with E-state index in [4.69, 9.17) is 4.74 Å².